The number of nitrogens with one attached hydrogen (secondary N) is 1. The molecule has 1 unspecified atom stereocenters. The average Bonchev–Trinajstić information content (AvgIpc) is 2.35. The predicted octanol–water partition coefficient (Wildman–Crippen LogP) is 2.69. The second-order valence-electron chi connectivity index (χ2n) is 5.06. The minimum Gasteiger partial charge on any atom is -0.488 e. The lowest BCUT2D eigenvalue weighted by molar-refractivity contribution is 0.0650. The Hall–Kier alpha value is -1.13. The molecule has 4 heteroatoms. The van der Waals surface area contributed by atoms with Crippen LogP contribution in [0, 0.1) is 6.92 Å². The number of ether oxygens (including phenoxy) is 2. The summed E-state index contributed by atoms with van der Waals surface area (Å²) in [5.41, 5.74) is 2.05. The number of nitrogens with zero attached hydrogens (tertiary/aromatic N) is 1. The van der Waals surface area contributed by atoms with E-state index in [0.717, 1.165) is 23.6 Å². The van der Waals surface area contributed by atoms with E-state index in [1.807, 2.05) is 33.0 Å². The molecule has 0 amide bonds. The third kappa shape index (κ3) is 6.03. The normalized spacial score (nSPS) is 12.7. The number of aryl methyl sites for hydroxylation is 1. The molecule has 0 aliphatic heterocycles. The van der Waals surface area contributed by atoms with Gasteiger partial charge in [0.25, 0.3) is 0 Å². The SMILES string of the molecule is CCOCC(C)Oc1cc(C)ncc1CNC(C)C. The van der Waals surface area contributed by atoms with Gasteiger partial charge in [0.05, 0.1) is 6.61 Å². The largest absolute Gasteiger partial charge is 0.488 e. The molecule has 0 bridgehead atoms. The van der Waals surface area contributed by atoms with E-state index in [4.69, 9.17) is 9.47 Å². The van der Waals surface area contributed by atoms with E-state index in [9.17, 15) is 0 Å². The minimum atomic E-state index is 0.0412. The Kier molecular flexibility index (Phi) is 6.81. The van der Waals surface area contributed by atoms with Crippen molar-refractivity contribution in [3.05, 3.63) is 23.5 Å². The molecule has 0 radical (unpaired) electrons. The first kappa shape index (κ1) is 15.9. The van der Waals surface area contributed by atoms with Gasteiger partial charge in [-0.2, -0.15) is 0 Å². The summed E-state index contributed by atoms with van der Waals surface area (Å²) in [6.07, 6.45) is 1.92. The van der Waals surface area contributed by atoms with Crippen LogP contribution in [0.1, 0.15) is 39.0 Å². The fourth-order valence-corrected chi connectivity index (χ4v) is 1.65. The van der Waals surface area contributed by atoms with Crippen LogP contribution < -0.4 is 10.1 Å². The Balaban J connectivity index is 2.70. The van der Waals surface area contributed by atoms with E-state index in [2.05, 4.69) is 24.1 Å². The highest BCUT2D eigenvalue weighted by atomic mass is 16.5. The van der Waals surface area contributed by atoms with Crippen LogP contribution in [0.15, 0.2) is 12.3 Å². The van der Waals surface area contributed by atoms with Crippen molar-refractivity contribution in [2.45, 2.75) is 53.3 Å². The van der Waals surface area contributed by atoms with E-state index in [-0.39, 0.29) is 6.10 Å². The maximum absolute atomic E-state index is 5.96. The van der Waals surface area contributed by atoms with Gasteiger partial charge in [-0.15, -0.1) is 0 Å². The number of pyridine rings is 1. The average molecular weight is 266 g/mol. The molecule has 1 aromatic rings. The zero-order chi connectivity index (χ0) is 14.3. The van der Waals surface area contributed by atoms with Gasteiger partial charge in [-0.3, -0.25) is 4.98 Å². The van der Waals surface area contributed by atoms with E-state index in [1.165, 1.54) is 0 Å². The molecule has 1 N–H and O–H groups in total. The van der Waals surface area contributed by atoms with E-state index < -0.39 is 0 Å². The molecule has 4 nitrogen and oxygen atoms in total. The summed E-state index contributed by atoms with van der Waals surface area (Å²) >= 11 is 0. The molecule has 1 rings (SSSR count). The van der Waals surface area contributed by atoms with Gasteiger partial charge in [-0.05, 0) is 20.8 Å². The minimum absolute atomic E-state index is 0.0412. The van der Waals surface area contributed by atoms with Crippen molar-refractivity contribution in [3.63, 3.8) is 0 Å². The zero-order valence-electron chi connectivity index (χ0n) is 12.7. The highest BCUT2D eigenvalue weighted by molar-refractivity contribution is 5.33. The van der Waals surface area contributed by atoms with Crippen LogP contribution in [0.3, 0.4) is 0 Å². The fraction of sp³-hybridized carbons (Fsp3) is 0.667. The summed E-state index contributed by atoms with van der Waals surface area (Å²) in [6, 6.07) is 2.43. The second kappa shape index (κ2) is 8.12. The first-order valence-electron chi connectivity index (χ1n) is 6.96. The van der Waals surface area contributed by atoms with Crippen LogP contribution in [0.25, 0.3) is 0 Å². The van der Waals surface area contributed by atoms with E-state index >= 15 is 0 Å². The lowest BCUT2D eigenvalue weighted by atomic mass is 10.2. The van der Waals surface area contributed by atoms with Crippen LogP contribution in [0.4, 0.5) is 0 Å². The molecule has 1 aromatic heterocycles. The van der Waals surface area contributed by atoms with E-state index in [0.29, 0.717) is 19.3 Å². The first-order chi connectivity index (χ1) is 9.02. The Morgan fingerprint density at radius 3 is 2.68 bits per heavy atom. The molecular weight excluding hydrogens is 240 g/mol. The van der Waals surface area contributed by atoms with Crippen molar-refractivity contribution in [3.8, 4) is 5.75 Å². The third-order valence-corrected chi connectivity index (χ3v) is 2.67. The van der Waals surface area contributed by atoms with E-state index in [1.54, 1.807) is 0 Å². The van der Waals surface area contributed by atoms with Gasteiger partial charge in [0, 0.05) is 42.7 Å². The monoisotopic (exact) mass is 266 g/mol. The summed E-state index contributed by atoms with van der Waals surface area (Å²) in [7, 11) is 0. The van der Waals surface area contributed by atoms with Crippen LogP contribution >= 0.6 is 0 Å². The summed E-state index contributed by atoms with van der Waals surface area (Å²) in [4.78, 5) is 4.34. The summed E-state index contributed by atoms with van der Waals surface area (Å²) in [5.74, 6) is 0.896. The Morgan fingerprint density at radius 2 is 2.05 bits per heavy atom. The van der Waals surface area contributed by atoms with Crippen molar-refractivity contribution in [1.82, 2.24) is 10.3 Å². The molecule has 0 aromatic carbocycles. The molecule has 108 valence electrons. The highest BCUT2D eigenvalue weighted by Crippen LogP contribution is 2.20. The molecule has 0 saturated heterocycles. The van der Waals surface area contributed by atoms with Crippen LogP contribution in [-0.2, 0) is 11.3 Å². The molecule has 1 atom stereocenters. The standard InChI is InChI=1S/C15H26N2O2/c1-6-18-10-13(5)19-15-7-12(4)17-9-14(15)8-16-11(2)3/h7,9,11,13,16H,6,8,10H2,1-5H3. The topological polar surface area (TPSA) is 43.4 Å². The summed E-state index contributed by atoms with van der Waals surface area (Å²) in [5, 5.41) is 3.39. The fourth-order valence-electron chi connectivity index (χ4n) is 1.65. The summed E-state index contributed by atoms with van der Waals surface area (Å²) < 4.78 is 11.3. The van der Waals surface area contributed by atoms with Crippen LogP contribution in [-0.4, -0.2) is 30.3 Å². The Labute approximate surface area is 116 Å². The number of aromatic nitrogens is 1. The molecular formula is C15H26N2O2. The van der Waals surface area contributed by atoms with Gasteiger partial charge in [-0.1, -0.05) is 13.8 Å². The van der Waals surface area contributed by atoms with Crippen molar-refractivity contribution >= 4 is 0 Å². The highest BCUT2D eigenvalue weighted by Gasteiger charge is 2.10. The lowest BCUT2D eigenvalue weighted by Crippen LogP contribution is -2.24. The number of rotatable bonds is 8. The molecule has 0 spiro atoms. The van der Waals surface area contributed by atoms with Crippen molar-refractivity contribution in [2.75, 3.05) is 13.2 Å². The van der Waals surface area contributed by atoms with Crippen LogP contribution in [0.2, 0.25) is 0 Å². The van der Waals surface area contributed by atoms with Crippen LogP contribution in [0.5, 0.6) is 5.75 Å². The van der Waals surface area contributed by atoms with Gasteiger partial charge in [0.1, 0.15) is 11.9 Å². The maximum Gasteiger partial charge on any atom is 0.127 e. The van der Waals surface area contributed by atoms with Crippen molar-refractivity contribution < 1.29 is 9.47 Å². The lowest BCUT2D eigenvalue weighted by Gasteiger charge is -2.18. The van der Waals surface area contributed by atoms with Gasteiger partial charge in [0.2, 0.25) is 0 Å². The molecule has 0 aliphatic rings. The molecule has 19 heavy (non-hydrogen) atoms. The van der Waals surface area contributed by atoms with Gasteiger partial charge in [0.15, 0.2) is 0 Å². The smallest absolute Gasteiger partial charge is 0.127 e. The number of hydrogen-bond acceptors (Lipinski definition) is 4. The van der Waals surface area contributed by atoms with Crippen molar-refractivity contribution in [2.24, 2.45) is 0 Å². The third-order valence-electron chi connectivity index (χ3n) is 2.67. The molecule has 0 saturated carbocycles. The first-order valence-corrected chi connectivity index (χ1v) is 6.96. The quantitative estimate of drug-likeness (QED) is 0.785. The zero-order valence-corrected chi connectivity index (χ0v) is 12.7. The number of hydrogen-bond donors (Lipinski definition) is 1. The second-order valence-corrected chi connectivity index (χ2v) is 5.06. The molecule has 1 heterocycles. The predicted molar refractivity (Wildman–Crippen MR) is 77.5 cm³/mol. The Bertz CT molecular complexity index is 380. The molecule has 0 aliphatic carbocycles. The van der Waals surface area contributed by atoms with Crippen molar-refractivity contribution in [1.29, 1.82) is 0 Å². The van der Waals surface area contributed by atoms with Gasteiger partial charge < -0.3 is 14.8 Å². The summed E-state index contributed by atoms with van der Waals surface area (Å²) in [6.45, 7) is 12.3. The van der Waals surface area contributed by atoms with Gasteiger partial charge >= 0.3 is 0 Å². The molecule has 0 fully saturated rings. The maximum atomic E-state index is 5.96. The van der Waals surface area contributed by atoms with Gasteiger partial charge in [-0.25, -0.2) is 0 Å². The Morgan fingerprint density at radius 1 is 1.32 bits per heavy atom.